The number of aryl methyl sites for hydroxylation is 1. The standard InChI is InChI=1S/C21H34N4S/c1-6-21(2,3)12-11-17-13-18-19(22-14-23-20(18)26-17)24-15-7-9-16(10-8-15)25(4)5/h13-16H,6-12H2,1-5H3,(H,22,23,24)/t15-,16-. The molecular formula is C21H34N4S. The van der Waals surface area contributed by atoms with E-state index in [-0.39, 0.29) is 0 Å². The van der Waals surface area contributed by atoms with Gasteiger partial charge >= 0.3 is 0 Å². The molecule has 0 unspecified atom stereocenters. The van der Waals surface area contributed by atoms with Gasteiger partial charge in [0.05, 0.1) is 5.39 Å². The van der Waals surface area contributed by atoms with Crippen LogP contribution in [0.4, 0.5) is 5.82 Å². The van der Waals surface area contributed by atoms with Crippen LogP contribution < -0.4 is 5.32 Å². The summed E-state index contributed by atoms with van der Waals surface area (Å²) in [6.07, 6.45) is 10.3. The average molecular weight is 375 g/mol. The first-order chi connectivity index (χ1) is 12.4. The first-order valence-corrected chi connectivity index (χ1v) is 10.9. The Balaban J connectivity index is 1.68. The average Bonchev–Trinajstić information content (AvgIpc) is 3.05. The second-order valence-corrected chi connectivity index (χ2v) is 9.90. The van der Waals surface area contributed by atoms with Crippen LogP contribution in [0, 0.1) is 5.41 Å². The van der Waals surface area contributed by atoms with E-state index in [0.717, 1.165) is 23.1 Å². The molecule has 3 rings (SSSR count). The Morgan fingerprint density at radius 3 is 2.58 bits per heavy atom. The number of thiophene rings is 1. The minimum Gasteiger partial charge on any atom is -0.367 e. The van der Waals surface area contributed by atoms with Crippen LogP contribution in [-0.4, -0.2) is 41.0 Å². The Bertz CT molecular complexity index is 714. The number of rotatable bonds is 7. The van der Waals surface area contributed by atoms with Crippen LogP contribution in [-0.2, 0) is 6.42 Å². The van der Waals surface area contributed by atoms with Crippen molar-refractivity contribution in [3.8, 4) is 0 Å². The zero-order valence-electron chi connectivity index (χ0n) is 17.0. The molecular weight excluding hydrogens is 340 g/mol. The minimum absolute atomic E-state index is 0.411. The summed E-state index contributed by atoms with van der Waals surface area (Å²) in [6, 6.07) is 3.58. The number of aromatic nitrogens is 2. The molecule has 0 aromatic carbocycles. The highest BCUT2D eigenvalue weighted by Crippen LogP contribution is 2.33. The van der Waals surface area contributed by atoms with Crippen molar-refractivity contribution in [3.05, 3.63) is 17.3 Å². The lowest BCUT2D eigenvalue weighted by molar-refractivity contribution is 0.221. The maximum atomic E-state index is 4.57. The van der Waals surface area contributed by atoms with E-state index in [1.165, 1.54) is 48.8 Å². The maximum absolute atomic E-state index is 4.57. The summed E-state index contributed by atoms with van der Waals surface area (Å²) in [5.74, 6) is 1.03. The zero-order chi connectivity index (χ0) is 18.7. The SMILES string of the molecule is CCC(C)(C)CCc1cc2c(N[C@H]3CC[C@H](N(C)C)CC3)ncnc2s1. The van der Waals surface area contributed by atoms with Gasteiger partial charge in [-0.15, -0.1) is 11.3 Å². The number of nitrogens with zero attached hydrogens (tertiary/aromatic N) is 3. The third-order valence-corrected chi connectivity index (χ3v) is 7.26. The largest absolute Gasteiger partial charge is 0.367 e. The van der Waals surface area contributed by atoms with Crippen molar-refractivity contribution in [2.75, 3.05) is 19.4 Å². The van der Waals surface area contributed by atoms with Crippen molar-refractivity contribution >= 4 is 27.4 Å². The summed E-state index contributed by atoms with van der Waals surface area (Å²) in [5.41, 5.74) is 0.411. The Hall–Kier alpha value is -1.20. The molecule has 2 aromatic heterocycles. The topological polar surface area (TPSA) is 41.0 Å². The molecule has 0 amide bonds. The van der Waals surface area contributed by atoms with Gasteiger partial charge in [-0.2, -0.15) is 0 Å². The highest BCUT2D eigenvalue weighted by Gasteiger charge is 2.23. The van der Waals surface area contributed by atoms with Gasteiger partial charge in [0.25, 0.3) is 0 Å². The summed E-state index contributed by atoms with van der Waals surface area (Å²) >= 11 is 1.83. The smallest absolute Gasteiger partial charge is 0.138 e. The molecule has 1 N–H and O–H groups in total. The van der Waals surface area contributed by atoms with E-state index >= 15 is 0 Å². The molecule has 1 saturated carbocycles. The Labute approximate surface area is 162 Å². The van der Waals surface area contributed by atoms with Crippen molar-refractivity contribution in [2.45, 2.75) is 77.8 Å². The Morgan fingerprint density at radius 1 is 1.19 bits per heavy atom. The van der Waals surface area contributed by atoms with Gasteiger partial charge in [-0.3, -0.25) is 0 Å². The molecule has 0 saturated heterocycles. The maximum Gasteiger partial charge on any atom is 0.138 e. The van der Waals surface area contributed by atoms with Crippen molar-refractivity contribution < 1.29 is 0 Å². The van der Waals surface area contributed by atoms with Gasteiger partial charge in [0.2, 0.25) is 0 Å². The van der Waals surface area contributed by atoms with Crippen LogP contribution in [0.15, 0.2) is 12.4 Å². The molecule has 0 bridgehead atoms. The van der Waals surface area contributed by atoms with Gasteiger partial charge in [-0.25, -0.2) is 9.97 Å². The quantitative estimate of drug-likeness (QED) is 0.710. The molecule has 5 heteroatoms. The minimum atomic E-state index is 0.411. The number of hydrogen-bond acceptors (Lipinski definition) is 5. The van der Waals surface area contributed by atoms with E-state index in [1.54, 1.807) is 6.33 Å². The summed E-state index contributed by atoms with van der Waals surface area (Å²) in [6.45, 7) is 7.00. The van der Waals surface area contributed by atoms with E-state index in [1.807, 2.05) is 11.3 Å². The van der Waals surface area contributed by atoms with Crippen LogP contribution in [0.2, 0.25) is 0 Å². The number of nitrogens with one attached hydrogen (secondary N) is 1. The van der Waals surface area contributed by atoms with Crippen molar-refractivity contribution in [3.63, 3.8) is 0 Å². The van der Waals surface area contributed by atoms with Crippen LogP contribution >= 0.6 is 11.3 Å². The molecule has 1 aliphatic carbocycles. The molecule has 1 aliphatic rings. The van der Waals surface area contributed by atoms with E-state index < -0.39 is 0 Å². The first-order valence-electron chi connectivity index (χ1n) is 10.0. The van der Waals surface area contributed by atoms with Crippen molar-refractivity contribution in [1.82, 2.24) is 14.9 Å². The van der Waals surface area contributed by atoms with Gasteiger partial charge in [-0.1, -0.05) is 27.2 Å². The predicted octanol–water partition coefficient (Wildman–Crippen LogP) is 5.34. The predicted molar refractivity (Wildman–Crippen MR) is 113 cm³/mol. The number of fused-ring (bicyclic) bond motifs is 1. The second-order valence-electron chi connectivity index (χ2n) is 8.78. The second kappa shape index (κ2) is 8.22. The molecule has 0 atom stereocenters. The summed E-state index contributed by atoms with van der Waals surface area (Å²) in [7, 11) is 4.39. The Morgan fingerprint density at radius 2 is 1.92 bits per heavy atom. The highest BCUT2D eigenvalue weighted by molar-refractivity contribution is 7.18. The van der Waals surface area contributed by atoms with Gasteiger partial charge in [0.1, 0.15) is 17.0 Å². The lowest BCUT2D eigenvalue weighted by Crippen LogP contribution is -2.36. The van der Waals surface area contributed by atoms with E-state index in [0.29, 0.717) is 11.5 Å². The van der Waals surface area contributed by atoms with Gasteiger partial charge in [-0.05, 0) is 64.1 Å². The highest BCUT2D eigenvalue weighted by atomic mass is 32.1. The van der Waals surface area contributed by atoms with Gasteiger partial charge < -0.3 is 10.2 Å². The monoisotopic (exact) mass is 374 g/mol. The fourth-order valence-electron chi connectivity index (χ4n) is 3.71. The lowest BCUT2D eigenvalue weighted by atomic mass is 9.85. The molecule has 1 fully saturated rings. The zero-order valence-corrected chi connectivity index (χ0v) is 17.8. The van der Waals surface area contributed by atoms with Crippen LogP contribution in [0.5, 0.6) is 0 Å². The van der Waals surface area contributed by atoms with E-state index in [4.69, 9.17) is 0 Å². The lowest BCUT2D eigenvalue weighted by Gasteiger charge is -2.33. The normalized spacial score (nSPS) is 21.5. The fraction of sp³-hybridized carbons (Fsp3) is 0.714. The third kappa shape index (κ3) is 4.74. The van der Waals surface area contributed by atoms with E-state index in [9.17, 15) is 0 Å². The molecule has 4 nitrogen and oxygen atoms in total. The van der Waals surface area contributed by atoms with Crippen LogP contribution in [0.3, 0.4) is 0 Å². The molecule has 144 valence electrons. The summed E-state index contributed by atoms with van der Waals surface area (Å²) in [4.78, 5) is 14.0. The van der Waals surface area contributed by atoms with Crippen LogP contribution in [0.1, 0.15) is 64.2 Å². The van der Waals surface area contributed by atoms with Crippen molar-refractivity contribution in [1.29, 1.82) is 0 Å². The Kier molecular flexibility index (Phi) is 6.18. The van der Waals surface area contributed by atoms with Crippen molar-refractivity contribution in [2.24, 2.45) is 5.41 Å². The molecule has 0 radical (unpaired) electrons. The molecule has 2 aromatic rings. The molecule has 2 heterocycles. The molecule has 0 spiro atoms. The first kappa shape index (κ1) is 19.6. The third-order valence-electron chi connectivity index (χ3n) is 6.15. The van der Waals surface area contributed by atoms with E-state index in [2.05, 4.69) is 61.1 Å². The molecule has 26 heavy (non-hydrogen) atoms. The number of hydrogen-bond donors (Lipinski definition) is 1. The molecule has 0 aliphatic heterocycles. The fourth-order valence-corrected chi connectivity index (χ4v) is 4.71. The van der Waals surface area contributed by atoms with Gasteiger partial charge in [0.15, 0.2) is 0 Å². The summed E-state index contributed by atoms with van der Waals surface area (Å²) in [5, 5.41) is 4.92. The van der Waals surface area contributed by atoms with Gasteiger partial charge in [0, 0.05) is 17.0 Å². The van der Waals surface area contributed by atoms with Crippen LogP contribution in [0.25, 0.3) is 10.2 Å². The number of anilines is 1. The summed E-state index contributed by atoms with van der Waals surface area (Å²) < 4.78 is 0.